The monoisotopic (exact) mass is 358 g/mol. The van der Waals surface area contributed by atoms with Gasteiger partial charge in [0.1, 0.15) is 0 Å². The molecule has 1 aliphatic rings. The Kier molecular flexibility index (Phi) is 5.11. The van der Waals surface area contributed by atoms with E-state index in [-0.39, 0.29) is 37.4 Å². The minimum Gasteiger partial charge on any atom is -0.366 e. The maximum absolute atomic E-state index is 12.7. The van der Waals surface area contributed by atoms with Crippen molar-refractivity contribution in [1.29, 1.82) is 0 Å². The van der Waals surface area contributed by atoms with Gasteiger partial charge in [0.15, 0.2) is 0 Å². The number of hydrogen-bond donors (Lipinski definition) is 1. The summed E-state index contributed by atoms with van der Waals surface area (Å²) in [5.41, 5.74) is 5.28. The molecular formula is C13H16F6N4O. The highest BCUT2D eigenvalue weighted by Crippen LogP contribution is 2.38. The fourth-order valence-electron chi connectivity index (χ4n) is 2.85. The van der Waals surface area contributed by atoms with Crippen LogP contribution < -0.4 is 5.73 Å². The molecular weight excluding hydrogens is 342 g/mol. The number of primary amides is 1. The molecule has 0 aromatic carbocycles. The molecule has 1 amide bonds. The Balaban J connectivity index is 1.95. The highest BCUT2D eigenvalue weighted by atomic mass is 19.4. The summed E-state index contributed by atoms with van der Waals surface area (Å²) in [4.78, 5) is 11.4. The summed E-state index contributed by atoms with van der Waals surface area (Å²) in [5.74, 6) is -0.779. The van der Waals surface area contributed by atoms with Crippen molar-refractivity contribution in [3.8, 4) is 0 Å². The van der Waals surface area contributed by atoms with Crippen LogP contribution in [0.2, 0.25) is 0 Å². The van der Waals surface area contributed by atoms with Gasteiger partial charge in [-0.3, -0.25) is 14.4 Å². The maximum atomic E-state index is 12.7. The number of carbonyl (C=O) groups is 1. The van der Waals surface area contributed by atoms with E-state index in [9.17, 15) is 31.1 Å². The van der Waals surface area contributed by atoms with Crippen LogP contribution in [0.15, 0.2) is 12.4 Å². The van der Waals surface area contributed by atoms with Crippen molar-refractivity contribution >= 4 is 5.91 Å². The zero-order chi connectivity index (χ0) is 18.1. The predicted octanol–water partition coefficient (Wildman–Crippen LogP) is 2.19. The van der Waals surface area contributed by atoms with Gasteiger partial charge in [0.25, 0.3) is 5.91 Å². The second kappa shape index (κ2) is 6.61. The topological polar surface area (TPSA) is 64.2 Å². The normalized spacial score (nSPS) is 18.3. The van der Waals surface area contributed by atoms with Crippen LogP contribution in [0, 0.1) is 5.92 Å². The van der Waals surface area contributed by atoms with Crippen molar-refractivity contribution in [2.45, 2.75) is 37.8 Å². The van der Waals surface area contributed by atoms with Crippen molar-refractivity contribution in [2.24, 2.45) is 11.7 Å². The molecule has 136 valence electrons. The van der Waals surface area contributed by atoms with E-state index >= 15 is 0 Å². The molecule has 1 aromatic rings. The summed E-state index contributed by atoms with van der Waals surface area (Å²) >= 11 is 0. The zero-order valence-electron chi connectivity index (χ0n) is 12.4. The summed E-state index contributed by atoms with van der Waals surface area (Å²) in [7, 11) is 0. The van der Waals surface area contributed by atoms with Gasteiger partial charge in [0, 0.05) is 12.7 Å². The Morgan fingerprint density at radius 2 is 1.75 bits per heavy atom. The van der Waals surface area contributed by atoms with Crippen molar-refractivity contribution < 1.29 is 31.1 Å². The molecule has 0 atom stereocenters. The third-order valence-electron chi connectivity index (χ3n) is 4.00. The first kappa shape index (κ1) is 18.6. The molecule has 0 saturated carbocycles. The number of halogens is 6. The third kappa shape index (κ3) is 4.40. The van der Waals surface area contributed by atoms with Crippen molar-refractivity contribution in [2.75, 3.05) is 13.1 Å². The fourth-order valence-corrected chi connectivity index (χ4v) is 2.85. The molecule has 1 saturated heterocycles. The van der Waals surface area contributed by atoms with E-state index in [1.807, 2.05) is 0 Å². The second-order valence-corrected chi connectivity index (χ2v) is 5.78. The maximum Gasteiger partial charge on any atom is 0.412 e. The average molecular weight is 358 g/mol. The van der Waals surface area contributed by atoms with Crippen LogP contribution in [0.1, 0.15) is 23.2 Å². The van der Waals surface area contributed by atoms with Crippen molar-refractivity contribution in [3.05, 3.63) is 18.0 Å². The number of piperidine rings is 1. The van der Waals surface area contributed by atoms with Gasteiger partial charge in [-0.2, -0.15) is 31.4 Å². The predicted molar refractivity (Wildman–Crippen MR) is 70.9 cm³/mol. The molecule has 2 rings (SSSR count). The Labute approximate surface area is 133 Å². The molecule has 11 heteroatoms. The first-order chi connectivity index (χ1) is 11.0. The molecule has 2 heterocycles. The van der Waals surface area contributed by atoms with Crippen molar-refractivity contribution in [3.63, 3.8) is 0 Å². The molecule has 0 bridgehead atoms. The lowest BCUT2D eigenvalue weighted by Crippen LogP contribution is -2.56. The lowest BCUT2D eigenvalue weighted by atomic mass is 9.95. The third-order valence-corrected chi connectivity index (χ3v) is 4.00. The Morgan fingerprint density at radius 1 is 1.21 bits per heavy atom. The summed E-state index contributed by atoms with van der Waals surface area (Å²) in [6.07, 6.45) is -7.69. The van der Waals surface area contributed by atoms with Gasteiger partial charge in [-0.05, 0) is 31.8 Å². The number of nitrogens with two attached hydrogens (primary N) is 1. The van der Waals surface area contributed by atoms with Crippen LogP contribution >= 0.6 is 0 Å². The standard InChI is InChI=1S/C13H16F6N4O/c14-12(15,16)11(13(17,18)19)22-3-1-8(2-4-22)6-23-7-9(5-21-23)10(20)24/h5,7-8,11H,1-4,6H2,(H2,20,24). The molecule has 1 fully saturated rings. The van der Waals surface area contributed by atoms with Crippen LogP contribution in [0.3, 0.4) is 0 Å². The lowest BCUT2D eigenvalue weighted by Gasteiger charge is -2.38. The number of carbonyl (C=O) groups excluding carboxylic acids is 1. The number of hydrogen-bond acceptors (Lipinski definition) is 3. The minimum absolute atomic E-state index is 0.121. The number of nitrogens with zero attached hydrogens (tertiary/aromatic N) is 3. The van der Waals surface area contributed by atoms with E-state index < -0.39 is 24.3 Å². The lowest BCUT2D eigenvalue weighted by molar-refractivity contribution is -0.289. The van der Waals surface area contributed by atoms with Gasteiger partial charge in [-0.25, -0.2) is 0 Å². The van der Waals surface area contributed by atoms with E-state index in [1.54, 1.807) is 0 Å². The molecule has 1 aromatic heterocycles. The highest BCUT2D eigenvalue weighted by molar-refractivity contribution is 5.92. The largest absolute Gasteiger partial charge is 0.412 e. The molecule has 0 radical (unpaired) electrons. The first-order valence-corrected chi connectivity index (χ1v) is 7.18. The van der Waals surface area contributed by atoms with Gasteiger partial charge in [-0.15, -0.1) is 0 Å². The number of alkyl halides is 6. The fraction of sp³-hybridized carbons (Fsp3) is 0.692. The van der Waals surface area contributed by atoms with Gasteiger partial charge in [0.05, 0.1) is 11.8 Å². The molecule has 2 N–H and O–H groups in total. The van der Waals surface area contributed by atoms with Gasteiger partial charge >= 0.3 is 12.4 Å². The average Bonchev–Trinajstić information content (AvgIpc) is 2.86. The van der Waals surface area contributed by atoms with Crippen LogP contribution in [-0.4, -0.2) is 52.1 Å². The zero-order valence-corrected chi connectivity index (χ0v) is 12.4. The minimum atomic E-state index is -5.36. The van der Waals surface area contributed by atoms with Crippen molar-refractivity contribution in [1.82, 2.24) is 14.7 Å². The number of likely N-dealkylation sites (tertiary alicyclic amines) is 1. The second-order valence-electron chi connectivity index (χ2n) is 5.78. The van der Waals surface area contributed by atoms with Gasteiger partial charge < -0.3 is 5.73 Å². The number of rotatable bonds is 4. The SMILES string of the molecule is NC(=O)c1cnn(CC2CCN(C(C(F)(F)F)C(F)(F)F)CC2)c1. The van der Waals surface area contributed by atoms with Crippen LogP contribution in [-0.2, 0) is 6.54 Å². The first-order valence-electron chi connectivity index (χ1n) is 7.18. The number of aromatic nitrogens is 2. The van der Waals surface area contributed by atoms with Crippen LogP contribution in [0.25, 0.3) is 0 Å². The van der Waals surface area contributed by atoms with E-state index in [1.165, 1.54) is 17.1 Å². The molecule has 0 aliphatic carbocycles. The van der Waals surface area contributed by atoms with E-state index in [4.69, 9.17) is 5.73 Å². The molecule has 5 nitrogen and oxygen atoms in total. The Bertz CT molecular complexity index is 560. The molecule has 1 aliphatic heterocycles. The summed E-state index contributed by atoms with van der Waals surface area (Å²) in [5, 5.41) is 3.91. The summed E-state index contributed by atoms with van der Waals surface area (Å²) in [6.45, 7) is -0.305. The van der Waals surface area contributed by atoms with Crippen LogP contribution in [0.4, 0.5) is 26.3 Å². The number of amides is 1. The molecule has 0 unspecified atom stereocenters. The Morgan fingerprint density at radius 3 is 2.17 bits per heavy atom. The van der Waals surface area contributed by atoms with E-state index in [0.29, 0.717) is 11.4 Å². The quantitative estimate of drug-likeness (QED) is 0.840. The van der Waals surface area contributed by atoms with E-state index in [0.717, 1.165) is 0 Å². The van der Waals surface area contributed by atoms with Crippen LogP contribution in [0.5, 0.6) is 0 Å². The summed E-state index contributed by atoms with van der Waals surface area (Å²) in [6, 6.07) is -3.43. The molecule has 24 heavy (non-hydrogen) atoms. The molecule has 0 spiro atoms. The highest BCUT2D eigenvalue weighted by Gasteiger charge is 2.59. The van der Waals surface area contributed by atoms with Gasteiger partial charge in [0.2, 0.25) is 6.04 Å². The van der Waals surface area contributed by atoms with Gasteiger partial charge in [-0.1, -0.05) is 0 Å². The Hall–Kier alpha value is -1.78. The van der Waals surface area contributed by atoms with E-state index in [2.05, 4.69) is 5.10 Å². The smallest absolute Gasteiger partial charge is 0.366 e. The summed E-state index contributed by atoms with van der Waals surface area (Å²) < 4.78 is 77.6.